The zero-order valence-corrected chi connectivity index (χ0v) is 12.3. The molecule has 0 fully saturated rings. The number of hydrogen-bond donors (Lipinski definition) is 2. The largest absolute Gasteiger partial charge is 0.352 e. The van der Waals surface area contributed by atoms with E-state index in [0.29, 0.717) is 5.69 Å². The lowest BCUT2D eigenvalue weighted by Gasteiger charge is -2.10. The maximum atomic E-state index is 13.9. The van der Waals surface area contributed by atoms with Crippen molar-refractivity contribution in [2.75, 3.05) is 4.72 Å². The first kappa shape index (κ1) is 15.5. The Hall–Kier alpha value is -1.93. The van der Waals surface area contributed by atoms with Crippen LogP contribution in [0.2, 0.25) is 0 Å². The second-order valence-corrected chi connectivity index (χ2v) is 6.32. The van der Waals surface area contributed by atoms with E-state index in [2.05, 4.69) is 0 Å². The summed E-state index contributed by atoms with van der Waals surface area (Å²) >= 11 is 0. The smallest absolute Gasteiger partial charge is 0.263 e. The minimum atomic E-state index is -4.09. The third-order valence-electron chi connectivity index (χ3n) is 3.12. The van der Waals surface area contributed by atoms with E-state index >= 15 is 0 Å². The number of nitrogens with two attached hydrogens (primary N) is 1. The average Bonchev–Trinajstić information content (AvgIpc) is 2.81. The first-order valence-corrected chi connectivity index (χ1v) is 7.57. The van der Waals surface area contributed by atoms with Crippen LogP contribution < -0.4 is 10.5 Å². The van der Waals surface area contributed by atoms with Crippen molar-refractivity contribution in [3.63, 3.8) is 0 Å². The van der Waals surface area contributed by atoms with Crippen molar-refractivity contribution in [3.05, 3.63) is 47.3 Å². The van der Waals surface area contributed by atoms with Gasteiger partial charge < -0.3 is 10.3 Å². The van der Waals surface area contributed by atoms with Crippen LogP contribution in [0.1, 0.15) is 11.3 Å². The monoisotopic (exact) mass is 315 g/mol. The third-order valence-corrected chi connectivity index (χ3v) is 4.44. The van der Waals surface area contributed by atoms with Crippen LogP contribution in [0.4, 0.5) is 14.5 Å². The molecule has 8 heteroatoms. The van der Waals surface area contributed by atoms with Crippen molar-refractivity contribution >= 4 is 15.7 Å². The predicted molar refractivity (Wildman–Crippen MR) is 75.2 cm³/mol. The van der Waals surface area contributed by atoms with Gasteiger partial charge >= 0.3 is 0 Å². The average molecular weight is 315 g/mol. The first-order valence-electron chi connectivity index (χ1n) is 6.09. The number of nitrogens with zero attached hydrogens (tertiary/aromatic N) is 1. The molecule has 1 heterocycles. The molecule has 0 radical (unpaired) electrons. The van der Waals surface area contributed by atoms with E-state index in [1.54, 1.807) is 7.05 Å². The topological polar surface area (TPSA) is 77.1 Å². The van der Waals surface area contributed by atoms with Gasteiger partial charge in [0.05, 0.1) is 0 Å². The van der Waals surface area contributed by atoms with Crippen LogP contribution >= 0.6 is 0 Å². The summed E-state index contributed by atoms with van der Waals surface area (Å²) in [6, 6.07) is 3.60. The molecule has 2 aromatic rings. The van der Waals surface area contributed by atoms with Crippen molar-refractivity contribution in [3.8, 4) is 0 Å². The molecule has 0 spiro atoms. The Labute approximate surface area is 121 Å². The molecule has 0 unspecified atom stereocenters. The van der Waals surface area contributed by atoms with Gasteiger partial charge in [-0.1, -0.05) is 6.07 Å². The van der Waals surface area contributed by atoms with Crippen molar-refractivity contribution in [1.29, 1.82) is 0 Å². The van der Waals surface area contributed by atoms with Gasteiger partial charge in [-0.15, -0.1) is 0 Å². The zero-order valence-electron chi connectivity index (χ0n) is 11.5. The summed E-state index contributed by atoms with van der Waals surface area (Å²) in [4.78, 5) is -0.106. The molecule has 0 bridgehead atoms. The summed E-state index contributed by atoms with van der Waals surface area (Å²) in [6.45, 7) is 1.57. The minimum absolute atomic E-state index is 0.106. The Balaban J connectivity index is 2.44. The van der Waals surface area contributed by atoms with Crippen LogP contribution in [0.25, 0.3) is 0 Å². The second-order valence-electron chi connectivity index (χ2n) is 4.64. The SMILES string of the molecule is Cc1ccc(F)c(NS(=O)(=O)c2cc(CN)n(C)c2)c1F. The summed E-state index contributed by atoms with van der Waals surface area (Å²) in [5.74, 6) is -1.91. The van der Waals surface area contributed by atoms with Gasteiger partial charge in [-0.05, 0) is 24.6 Å². The molecule has 0 saturated carbocycles. The summed E-state index contributed by atoms with van der Waals surface area (Å²) in [5, 5.41) is 0. The van der Waals surface area contributed by atoms with Crippen molar-refractivity contribution < 1.29 is 17.2 Å². The van der Waals surface area contributed by atoms with E-state index in [-0.39, 0.29) is 17.0 Å². The molecule has 0 saturated heterocycles. The Morgan fingerprint density at radius 2 is 2.00 bits per heavy atom. The van der Waals surface area contributed by atoms with Crippen LogP contribution in [0.5, 0.6) is 0 Å². The number of aromatic nitrogens is 1. The maximum absolute atomic E-state index is 13.9. The van der Waals surface area contributed by atoms with Crippen LogP contribution in [0, 0.1) is 18.6 Å². The van der Waals surface area contributed by atoms with Crippen LogP contribution in [-0.4, -0.2) is 13.0 Å². The highest BCUT2D eigenvalue weighted by Crippen LogP contribution is 2.25. The molecule has 0 aliphatic rings. The van der Waals surface area contributed by atoms with Gasteiger partial charge in [0.15, 0.2) is 5.82 Å². The van der Waals surface area contributed by atoms with Crippen molar-refractivity contribution in [1.82, 2.24) is 4.57 Å². The molecule has 0 atom stereocenters. The highest BCUT2D eigenvalue weighted by Gasteiger charge is 2.22. The van der Waals surface area contributed by atoms with Gasteiger partial charge in [-0.2, -0.15) is 0 Å². The van der Waals surface area contributed by atoms with Gasteiger partial charge in [-0.25, -0.2) is 17.2 Å². The summed E-state index contributed by atoms with van der Waals surface area (Å²) in [6.07, 6.45) is 1.33. The molecule has 114 valence electrons. The van der Waals surface area contributed by atoms with Crippen LogP contribution in [0.15, 0.2) is 29.3 Å². The molecular weight excluding hydrogens is 300 g/mol. The number of rotatable bonds is 4. The lowest BCUT2D eigenvalue weighted by atomic mass is 10.2. The Kier molecular flexibility index (Phi) is 4.02. The number of aryl methyl sites for hydroxylation is 2. The fourth-order valence-corrected chi connectivity index (χ4v) is 3.03. The molecule has 0 amide bonds. The highest BCUT2D eigenvalue weighted by atomic mass is 32.2. The number of sulfonamides is 1. The normalized spacial score (nSPS) is 11.7. The molecule has 0 aliphatic carbocycles. The van der Waals surface area contributed by atoms with E-state index in [1.807, 2.05) is 4.72 Å². The zero-order chi connectivity index (χ0) is 15.8. The second kappa shape index (κ2) is 5.45. The lowest BCUT2D eigenvalue weighted by Crippen LogP contribution is -2.15. The molecule has 1 aromatic carbocycles. The van der Waals surface area contributed by atoms with Crippen LogP contribution in [0.3, 0.4) is 0 Å². The van der Waals surface area contributed by atoms with Gasteiger partial charge in [0.1, 0.15) is 16.4 Å². The van der Waals surface area contributed by atoms with Gasteiger partial charge in [0.25, 0.3) is 10.0 Å². The molecular formula is C13H15F2N3O2S. The standard InChI is InChI=1S/C13H15F2N3O2S/c1-8-3-4-11(14)13(12(8)15)17-21(19,20)10-5-9(6-16)18(2)7-10/h3-5,7,17H,6,16H2,1-2H3. The van der Waals surface area contributed by atoms with Crippen molar-refractivity contribution in [2.45, 2.75) is 18.4 Å². The summed E-state index contributed by atoms with van der Waals surface area (Å²) in [7, 11) is -2.46. The maximum Gasteiger partial charge on any atom is 0.263 e. The summed E-state index contributed by atoms with van der Waals surface area (Å²) < 4.78 is 55.4. The fourth-order valence-electron chi connectivity index (χ4n) is 1.87. The quantitative estimate of drug-likeness (QED) is 0.904. The van der Waals surface area contributed by atoms with E-state index in [1.165, 1.54) is 29.8 Å². The number of benzene rings is 1. The van der Waals surface area contributed by atoms with Gasteiger partial charge in [0, 0.05) is 25.5 Å². The highest BCUT2D eigenvalue weighted by molar-refractivity contribution is 7.92. The fraction of sp³-hybridized carbons (Fsp3) is 0.231. The molecule has 3 N–H and O–H groups in total. The number of hydrogen-bond acceptors (Lipinski definition) is 3. The molecule has 21 heavy (non-hydrogen) atoms. The molecule has 5 nitrogen and oxygen atoms in total. The first-order chi connectivity index (χ1) is 9.76. The van der Waals surface area contributed by atoms with Crippen LogP contribution in [-0.2, 0) is 23.6 Å². The Morgan fingerprint density at radius 3 is 2.57 bits per heavy atom. The Bertz CT molecular complexity index is 785. The predicted octanol–water partition coefficient (Wildman–Crippen LogP) is 1.87. The molecule has 2 rings (SSSR count). The number of anilines is 1. The number of nitrogens with one attached hydrogen (secondary N) is 1. The van der Waals surface area contributed by atoms with E-state index in [4.69, 9.17) is 5.73 Å². The van der Waals surface area contributed by atoms with E-state index in [9.17, 15) is 17.2 Å². The van der Waals surface area contributed by atoms with Gasteiger partial charge in [0.2, 0.25) is 0 Å². The van der Waals surface area contributed by atoms with E-state index in [0.717, 1.165) is 6.07 Å². The van der Waals surface area contributed by atoms with Gasteiger partial charge in [-0.3, -0.25) is 4.72 Å². The van der Waals surface area contributed by atoms with E-state index < -0.39 is 27.3 Å². The Morgan fingerprint density at radius 1 is 1.33 bits per heavy atom. The summed E-state index contributed by atoms with van der Waals surface area (Å²) in [5.41, 5.74) is 5.51. The molecule has 1 aromatic heterocycles. The lowest BCUT2D eigenvalue weighted by molar-refractivity contribution is 0.578. The van der Waals surface area contributed by atoms with Crippen molar-refractivity contribution in [2.24, 2.45) is 12.8 Å². The number of halogens is 2. The third kappa shape index (κ3) is 2.91. The molecule has 0 aliphatic heterocycles. The minimum Gasteiger partial charge on any atom is -0.352 e.